The molecule has 11 aromatic rings. The lowest BCUT2D eigenvalue weighted by Gasteiger charge is -2.15. The van der Waals surface area contributed by atoms with Crippen LogP contribution >= 0.6 is 0 Å². The summed E-state index contributed by atoms with van der Waals surface area (Å²) in [5.74, 6) is 1.89. The SMILES string of the molecule is c1ccc(-c2nc(-c3ccccc3)nc(-c3ccc(-c4ccc5c(c4)nc(-c4ccccc4)c4ccc6nc(-c7ccccc7)c(-c7ccccc7)nc6c45)cc3)n2)cc1. The fourth-order valence-electron chi connectivity index (χ4n) is 7.95. The highest BCUT2D eigenvalue weighted by Crippen LogP contribution is 2.40. The molecule has 0 bridgehead atoms. The Labute approximate surface area is 346 Å². The van der Waals surface area contributed by atoms with Crippen molar-refractivity contribution in [2.45, 2.75) is 0 Å². The maximum absolute atomic E-state index is 5.50. The molecule has 6 nitrogen and oxygen atoms in total. The van der Waals surface area contributed by atoms with Gasteiger partial charge in [0.25, 0.3) is 0 Å². The number of benzene rings is 8. The molecule has 6 heteroatoms. The van der Waals surface area contributed by atoms with Crippen LogP contribution in [0, 0.1) is 0 Å². The predicted octanol–water partition coefficient (Wildman–Crippen LogP) is 13.2. The van der Waals surface area contributed by atoms with Crippen molar-refractivity contribution in [3.05, 3.63) is 206 Å². The van der Waals surface area contributed by atoms with Crippen molar-refractivity contribution in [3.63, 3.8) is 0 Å². The lowest BCUT2D eigenvalue weighted by Crippen LogP contribution is -2.00. The fraction of sp³-hybridized carbons (Fsp3) is 0. The maximum atomic E-state index is 5.50. The topological polar surface area (TPSA) is 77.3 Å². The van der Waals surface area contributed by atoms with Gasteiger partial charge in [0.2, 0.25) is 0 Å². The van der Waals surface area contributed by atoms with Crippen molar-refractivity contribution in [2.75, 3.05) is 0 Å². The Morgan fingerprint density at radius 2 is 0.617 bits per heavy atom. The normalized spacial score (nSPS) is 11.3. The van der Waals surface area contributed by atoms with E-state index in [1.54, 1.807) is 0 Å². The minimum atomic E-state index is 0.617. The molecule has 0 saturated carbocycles. The first-order valence-electron chi connectivity index (χ1n) is 20.0. The van der Waals surface area contributed by atoms with Gasteiger partial charge in [-0.3, -0.25) is 0 Å². The standard InChI is InChI=1S/C54H34N6/c1-6-16-36(17-7-1)48-44-32-33-45-51(57-50(38-20-10-3-11-21-38)49(55-45)37-18-8-2-9-19-37)47(44)43-31-30-42(34-46(43)56-48)35-26-28-41(29-27-35)54-59-52(39-22-12-4-13-23-39)58-53(60-54)40-24-14-5-15-25-40/h1-34H. The molecule has 0 saturated heterocycles. The maximum Gasteiger partial charge on any atom is 0.164 e. The van der Waals surface area contributed by atoms with E-state index in [-0.39, 0.29) is 0 Å². The number of rotatable bonds is 7. The smallest absolute Gasteiger partial charge is 0.164 e. The van der Waals surface area contributed by atoms with E-state index in [2.05, 4.69) is 103 Å². The summed E-state index contributed by atoms with van der Waals surface area (Å²) >= 11 is 0. The Bertz CT molecular complexity index is 3270. The van der Waals surface area contributed by atoms with Gasteiger partial charge in [-0.25, -0.2) is 29.9 Å². The summed E-state index contributed by atoms with van der Waals surface area (Å²) in [6, 6.07) is 70.3. The van der Waals surface area contributed by atoms with E-state index < -0.39 is 0 Å². The minimum Gasteiger partial charge on any atom is -0.247 e. The number of aromatic nitrogens is 6. The minimum absolute atomic E-state index is 0.617. The van der Waals surface area contributed by atoms with Crippen LogP contribution in [0.15, 0.2) is 206 Å². The number of hydrogen-bond donors (Lipinski definition) is 0. The van der Waals surface area contributed by atoms with Crippen molar-refractivity contribution in [1.82, 2.24) is 29.9 Å². The molecular formula is C54H34N6. The molecule has 3 heterocycles. The zero-order valence-corrected chi connectivity index (χ0v) is 32.3. The molecule has 0 unspecified atom stereocenters. The second-order valence-corrected chi connectivity index (χ2v) is 14.7. The van der Waals surface area contributed by atoms with Crippen LogP contribution < -0.4 is 0 Å². The van der Waals surface area contributed by atoms with Gasteiger partial charge in [0.05, 0.1) is 33.6 Å². The second kappa shape index (κ2) is 14.9. The van der Waals surface area contributed by atoms with Crippen molar-refractivity contribution in [1.29, 1.82) is 0 Å². The van der Waals surface area contributed by atoms with Crippen LogP contribution in [0.1, 0.15) is 0 Å². The second-order valence-electron chi connectivity index (χ2n) is 14.7. The molecule has 3 aromatic heterocycles. The van der Waals surface area contributed by atoms with E-state index in [9.17, 15) is 0 Å². The van der Waals surface area contributed by atoms with Gasteiger partial charge in [-0.2, -0.15) is 0 Å². The first kappa shape index (κ1) is 35.0. The van der Waals surface area contributed by atoms with Gasteiger partial charge < -0.3 is 0 Å². The Hall–Kier alpha value is -8.22. The van der Waals surface area contributed by atoms with Gasteiger partial charge in [0.15, 0.2) is 17.5 Å². The van der Waals surface area contributed by atoms with Crippen LogP contribution in [0.25, 0.3) is 112 Å². The highest BCUT2D eigenvalue weighted by Gasteiger charge is 2.19. The van der Waals surface area contributed by atoms with Gasteiger partial charge in [0.1, 0.15) is 0 Å². The van der Waals surface area contributed by atoms with E-state index in [0.717, 1.165) is 94.3 Å². The van der Waals surface area contributed by atoms with Crippen molar-refractivity contribution in [2.24, 2.45) is 0 Å². The molecule has 0 spiro atoms. The number of pyridine rings is 1. The lowest BCUT2D eigenvalue weighted by atomic mass is 9.95. The van der Waals surface area contributed by atoms with Crippen molar-refractivity contribution in [3.8, 4) is 79.1 Å². The summed E-state index contributed by atoms with van der Waals surface area (Å²) in [6.07, 6.45) is 0. The molecule has 0 atom stereocenters. The average Bonchev–Trinajstić information content (AvgIpc) is 3.34. The number of nitrogens with zero attached hydrogens (tertiary/aromatic N) is 6. The molecule has 0 amide bonds. The first-order valence-corrected chi connectivity index (χ1v) is 20.0. The fourth-order valence-corrected chi connectivity index (χ4v) is 7.95. The monoisotopic (exact) mass is 766 g/mol. The van der Waals surface area contributed by atoms with E-state index in [0.29, 0.717) is 17.5 Å². The summed E-state index contributed by atoms with van der Waals surface area (Å²) in [6.45, 7) is 0. The summed E-state index contributed by atoms with van der Waals surface area (Å²) in [4.78, 5) is 30.9. The lowest BCUT2D eigenvalue weighted by molar-refractivity contribution is 1.07. The highest BCUT2D eigenvalue weighted by atomic mass is 15.0. The van der Waals surface area contributed by atoms with Gasteiger partial charge >= 0.3 is 0 Å². The quantitative estimate of drug-likeness (QED) is 0.150. The first-order chi connectivity index (χ1) is 29.7. The third kappa shape index (κ3) is 6.42. The van der Waals surface area contributed by atoms with Gasteiger partial charge in [-0.1, -0.05) is 188 Å². The molecule has 60 heavy (non-hydrogen) atoms. The van der Waals surface area contributed by atoms with Crippen LogP contribution in [-0.2, 0) is 0 Å². The van der Waals surface area contributed by atoms with Crippen LogP contribution in [0.3, 0.4) is 0 Å². The predicted molar refractivity (Wildman–Crippen MR) is 244 cm³/mol. The third-order valence-electron chi connectivity index (χ3n) is 10.9. The molecule has 8 aromatic carbocycles. The molecule has 0 aliphatic carbocycles. The molecular weight excluding hydrogens is 733 g/mol. The number of fused-ring (bicyclic) bond motifs is 5. The molecule has 11 rings (SSSR count). The average molecular weight is 767 g/mol. The summed E-state index contributed by atoms with van der Waals surface area (Å²) in [5.41, 5.74) is 13.1. The van der Waals surface area contributed by atoms with Crippen molar-refractivity contribution >= 4 is 32.7 Å². The summed E-state index contributed by atoms with van der Waals surface area (Å²) in [7, 11) is 0. The molecule has 0 aliphatic heterocycles. The largest absolute Gasteiger partial charge is 0.247 e. The summed E-state index contributed by atoms with van der Waals surface area (Å²) < 4.78 is 0. The zero-order chi connectivity index (χ0) is 39.8. The van der Waals surface area contributed by atoms with Crippen LogP contribution in [-0.4, -0.2) is 29.9 Å². The van der Waals surface area contributed by atoms with Crippen LogP contribution in [0.2, 0.25) is 0 Å². The molecule has 0 N–H and O–H groups in total. The van der Waals surface area contributed by atoms with E-state index in [1.807, 2.05) is 103 Å². The van der Waals surface area contributed by atoms with Crippen LogP contribution in [0.5, 0.6) is 0 Å². The zero-order valence-electron chi connectivity index (χ0n) is 32.3. The van der Waals surface area contributed by atoms with Crippen LogP contribution in [0.4, 0.5) is 0 Å². The Morgan fingerprint density at radius 3 is 1.13 bits per heavy atom. The Morgan fingerprint density at radius 1 is 0.233 bits per heavy atom. The van der Waals surface area contributed by atoms with Gasteiger partial charge in [0, 0.05) is 49.5 Å². The van der Waals surface area contributed by atoms with E-state index >= 15 is 0 Å². The molecule has 0 fully saturated rings. The summed E-state index contributed by atoms with van der Waals surface area (Å²) in [5, 5.41) is 3.07. The van der Waals surface area contributed by atoms with Crippen molar-refractivity contribution < 1.29 is 0 Å². The Kier molecular flexibility index (Phi) is 8.71. The molecule has 0 aliphatic rings. The molecule has 280 valence electrons. The van der Waals surface area contributed by atoms with Gasteiger partial charge in [-0.15, -0.1) is 0 Å². The highest BCUT2D eigenvalue weighted by molar-refractivity contribution is 6.21. The Balaban J connectivity index is 1.07. The van der Waals surface area contributed by atoms with Gasteiger partial charge in [-0.05, 0) is 29.3 Å². The van der Waals surface area contributed by atoms with E-state index in [4.69, 9.17) is 29.9 Å². The van der Waals surface area contributed by atoms with E-state index in [1.165, 1.54) is 0 Å². The molecule has 0 radical (unpaired) electrons. The number of hydrogen-bond acceptors (Lipinski definition) is 6. The third-order valence-corrected chi connectivity index (χ3v) is 10.9.